The predicted octanol–water partition coefficient (Wildman–Crippen LogP) is 24.7. The maximum atomic E-state index is 16.2. The molecule has 0 saturated carbocycles. The van der Waals surface area contributed by atoms with Gasteiger partial charge in [0.15, 0.2) is 0 Å². The van der Waals surface area contributed by atoms with Crippen LogP contribution in [0.15, 0.2) is 133 Å². The van der Waals surface area contributed by atoms with Gasteiger partial charge in [0.05, 0.1) is 54.7 Å². The molecule has 95 heavy (non-hydrogen) atoms. The average molecular weight is 1300 g/mol. The van der Waals surface area contributed by atoms with Gasteiger partial charge in [-0.2, -0.15) is 0 Å². The van der Waals surface area contributed by atoms with E-state index >= 15 is 8.78 Å². The van der Waals surface area contributed by atoms with E-state index in [1.165, 1.54) is 46.5 Å². The summed E-state index contributed by atoms with van der Waals surface area (Å²) >= 11 is 0. The number of hydrogen-bond donors (Lipinski definition) is 2. The first-order chi connectivity index (χ1) is 43.6. The molecule has 10 rings (SSSR count). The van der Waals surface area contributed by atoms with E-state index in [2.05, 4.69) is 266 Å². The van der Waals surface area contributed by atoms with E-state index in [4.69, 9.17) is 9.47 Å². The van der Waals surface area contributed by atoms with E-state index in [9.17, 15) is 10.2 Å². The molecule has 2 heterocycles. The van der Waals surface area contributed by atoms with Crippen LogP contribution in [0.5, 0.6) is 23.0 Å². The smallest absolute Gasteiger partial charge is 0.147 e. The third-order valence-corrected chi connectivity index (χ3v) is 22.5. The number of fused-ring (bicyclic) bond motifs is 6. The van der Waals surface area contributed by atoms with Crippen LogP contribution >= 0.6 is 0 Å². The van der Waals surface area contributed by atoms with Crippen molar-refractivity contribution >= 4 is 51.7 Å². The number of phenols is 2. The van der Waals surface area contributed by atoms with Gasteiger partial charge in [0.1, 0.15) is 34.6 Å². The molecule has 0 bridgehead atoms. The van der Waals surface area contributed by atoms with Gasteiger partial charge in [0.25, 0.3) is 0 Å². The second-order valence-corrected chi connectivity index (χ2v) is 42.1. The quantitative estimate of drug-likeness (QED) is 0.100. The van der Waals surface area contributed by atoms with Crippen molar-refractivity contribution in [3.63, 3.8) is 0 Å². The fraction of sp³-hybridized carbons (Fsp3) is 0.442. The van der Waals surface area contributed by atoms with Crippen molar-refractivity contribution in [2.45, 2.75) is 223 Å². The molecule has 0 fully saturated rings. The van der Waals surface area contributed by atoms with Crippen LogP contribution < -0.4 is 9.47 Å². The fourth-order valence-electron chi connectivity index (χ4n) is 14.7. The standard InChI is InChI=1S/C86H108F2N2O4Si/c1-79(2,3)50-85(19,20)56-42-67(77(91)73(44-56)89-69-32-26-52(81(7,8)9)38-61(69)62-39-53(82(10,11)12)27-33-70(62)89)65-46-58(87)30-36-75(65)93-48-60(95(23,24)25)49-94-76-37-31-59(88)47-66(76)68-43-57(86(21,22)51-80(4,5)6)45-74(78(68)92)90-71-34-28-54(83(13,14)15)40-63(71)64-41-55(84(16,17)18)29-35-72(64)90/h26-47,60,91-92H,48-51H2,1-25H3. The number of ether oxygens (including phenoxy) is 2. The Labute approximate surface area is 568 Å². The molecule has 0 aliphatic rings. The molecule has 0 aliphatic carbocycles. The molecular formula is C86H108F2N2O4Si. The first-order valence-electron chi connectivity index (χ1n) is 34.4. The van der Waals surface area contributed by atoms with Gasteiger partial charge in [-0.25, -0.2) is 8.78 Å². The van der Waals surface area contributed by atoms with E-state index in [-0.39, 0.29) is 73.6 Å². The van der Waals surface area contributed by atoms with Gasteiger partial charge in [0, 0.05) is 49.3 Å². The molecule has 8 aromatic carbocycles. The second kappa shape index (κ2) is 24.3. The van der Waals surface area contributed by atoms with Crippen LogP contribution in [0.25, 0.3) is 77.2 Å². The van der Waals surface area contributed by atoms with Crippen LogP contribution in [0.2, 0.25) is 25.2 Å². The summed E-state index contributed by atoms with van der Waals surface area (Å²) in [4.78, 5) is 0. The number of rotatable bonds is 15. The van der Waals surface area contributed by atoms with Crippen LogP contribution in [-0.4, -0.2) is 40.6 Å². The molecule has 0 atom stereocenters. The minimum atomic E-state index is -2.21. The van der Waals surface area contributed by atoms with Crippen LogP contribution in [-0.2, 0) is 32.5 Å². The van der Waals surface area contributed by atoms with E-state index in [1.807, 2.05) is 12.1 Å². The van der Waals surface area contributed by atoms with Crippen molar-refractivity contribution in [2.75, 3.05) is 13.2 Å². The molecule has 0 amide bonds. The molecule has 9 heteroatoms. The lowest BCUT2D eigenvalue weighted by Crippen LogP contribution is -2.36. The summed E-state index contributed by atoms with van der Waals surface area (Å²) in [5.74, 6) is -0.0220. The number of phenolic OH excluding ortho intramolecular Hbond substituents is 2. The zero-order chi connectivity index (χ0) is 70.0. The van der Waals surface area contributed by atoms with Crippen molar-refractivity contribution in [3.8, 4) is 56.6 Å². The molecule has 10 aromatic rings. The lowest BCUT2D eigenvalue weighted by atomic mass is 9.71. The van der Waals surface area contributed by atoms with Gasteiger partial charge in [-0.05, 0) is 199 Å². The summed E-state index contributed by atoms with van der Waals surface area (Å²) in [6.45, 7) is 56.6. The van der Waals surface area contributed by atoms with Gasteiger partial charge in [-0.15, -0.1) is 0 Å². The Kier molecular flexibility index (Phi) is 18.0. The molecule has 6 nitrogen and oxygen atoms in total. The second-order valence-electron chi connectivity index (χ2n) is 36.6. The number of aromatic hydroxyl groups is 2. The van der Waals surface area contributed by atoms with Crippen LogP contribution in [0.3, 0.4) is 0 Å². The molecular weight excluding hydrogens is 1190 g/mol. The molecule has 0 unspecified atom stereocenters. The topological polar surface area (TPSA) is 68.8 Å². The van der Waals surface area contributed by atoms with Crippen molar-refractivity contribution < 1.29 is 28.5 Å². The highest BCUT2D eigenvalue weighted by atomic mass is 28.3. The fourth-order valence-corrected chi connectivity index (χ4v) is 15.8. The summed E-state index contributed by atoms with van der Waals surface area (Å²) in [5.41, 5.74) is 12.3. The van der Waals surface area contributed by atoms with Gasteiger partial charge in [0.2, 0.25) is 0 Å². The Balaban J connectivity index is 1.08. The van der Waals surface area contributed by atoms with E-state index in [1.54, 1.807) is 12.1 Å². The summed E-state index contributed by atoms with van der Waals surface area (Å²) < 4.78 is 50.9. The minimum Gasteiger partial charge on any atom is -0.505 e. The Morgan fingerprint density at radius 1 is 0.358 bits per heavy atom. The van der Waals surface area contributed by atoms with Gasteiger partial charge in [-0.3, -0.25) is 0 Å². The number of halogens is 2. The maximum absolute atomic E-state index is 16.2. The third-order valence-electron chi connectivity index (χ3n) is 19.7. The maximum Gasteiger partial charge on any atom is 0.147 e. The first-order valence-corrected chi connectivity index (χ1v) is 38.0. The van der Waals surface area contributed by atoms with Crippen LogP contribution in [0, 0.1) is 22.5 Å². The summed E-state index contributed by atoms with van der Waals surface area (Å²) in [6.07, 6.45) is 1.67. The average Bonchev–Trinajstić information content (AvgIpc) is 1.62. The molecule has 0 aliphatic heterocycles. The minimum absolute atomic E-state index is 0.0167. The Morgan fingerprint density at radius 2 is 0.642 bits per heavy atom. The number of aromatic nitrogens is 2. The van der Waals surface area contributed by atoms with Gasteiger partial charge < -0.3 is 28.8 Å². The summed E-state index contributed by atoms with van der Waals surface area (Å²) in [5, 5.41) is 30.8. The zero-order valence-electron chi connectivity index (χ0n) is 62.0. The Bertz CT molecular complexity index is 4160. The van der Waals surface area contributed by atoms with Crippen molar-refractivity contribution in [3.05, 3.63) is 178 Å². The molecule has 0 saturated heterocycles. The van der Waals surface area contributed by atoms with Crippen LogP contribution in [0.4, 0.5) is 8.78 Å². The highest BCUT2D eigenvalue weighted by Crippen LogP contribution is 2.51. The molecule has 2 N–H and O–H groups in total. The SMILES string of the molecule is CC(C)(C)CC(C)(C)c1cc(-c2cc(F)ccc2OCC(COc2ccc(F)cc2-c2cc(C(C)(C)CC(C)(C)C)cc(-n3c4ccc(C(C)(C)C)cc4c4cc(C(C)(C)C)ccc43)c2O)[Si](C)(C)C)c(O)c(-n2c3ccc(C(C)(C)C)cc3c3cc(C(C)(C)C)ccc32)c1. The highest BCUT2D eigenvalue weighted by molar-refractivity contribution is 6.77. The van der Waals surface area contributed by atoms with E-state index < -0.39 is 19.7 Å². The van der Waals surface area contributed by atoms with E-state index in [0.29, 0.717) is 45.1 Å². The largest absolute Gasteiger partial charge is 0.505 e. The zero-order valence-corrected chi connectivity index (χ0v) is 63.0. The number of nitrogens with zero attached hydrogens (tertiary/aromatic N) is 2. The monoisotopic (exact) mass is 1300 g/mol. The van der Waals surface area contributed by atoms with Gasteiger partial charge in [-0.1, -0.05) is 196 Å². The van der Waals surface area contributed by atoms with Gasteiger partial charge >= 0.3 is 0 Å². The van der Waals surface area contributed by atoms with Crippen LogP contribution in [0.1, 0.15) is 199 Å². The molecule has 0 radical (unpaired) electrons. The molecule has 2 aromatic heterocycles. The number of hydrogen-bond acceptors (Lipinski definition) is 4. The first kappa shape index (κ1) is 70.4. The Hall–Kier alpha value is -7.36. The molecule has 0 spiro atoms. The number of benzene rings is 8. The lowest BCUT2D eigenvalue weighted by molar-refractivity contribution is 0.244. The third kappa shape index (κ3) is 14.5. The molecule has 504 valence electrons. The van der Waals surface area contributed by atoms with Crippen molar-refractivity contribution in [1.82, 2.24) is 9.13 Å². The highest BCUT2D eigenvalue weighted by Gasteiger charge is 2.36. The summed E-state index contributed by atoms with van der Waals surface area (Å²) in [6, 6.07) is 44.3. The lowest BCUT2D eigenvalue weighted by Gasteiger charge is -2.34. The predicted molar refractivity (Wildman–Crippen MR) is 403 cm³/mol. The summed E-state index contributed by atoms with van der Waals surface area (Å²) in [7, 11) is -2.21. The normalized spacial score (nSPS) is 13.6. The van der Waals surface area contributed by atoms with E-state index in [0.717, 1.165) is 67.6 Å². The van der Waals surface area contributed by atoms with Crippen molar-refractivity contribution in [2.24, 2.45) is 10.8 Å². The van der Waals surface area contributed by atoms with Crippen molar-refractivity contribution in [1.29, 1.82) is 0 Å². The Morgan fingerprint density at radius 3 is 0.895 bits per heavy atom.